The van der Waals surface area contributed by atoms with Crippen molar-refractivity contribution in [2.45, 2.75) is 46.6 Å². The van der Waals surface area contributed by atoms with Crippen molar-refractivity contribution in [2.75, 3.05) is 0 Å². The molecule has 0 heterocycles. The van der Waals surface area contributed by atoms with Crippen LogP contribution in [0.1, 0.15) is 40.5 Å². The molecule has 1 heteroatoms. The molecule has 0 aliphatic carbocycles. The highest BCUT2D eigenvalue weighted by atomic mass is 14.6. The van der Waals surface area contributed by atoms with E-state index in [-0.39, 0.29) is 11.5 Å². The van der Waals surface area contributed by atoms with Gasteiger partial charge in [-0.25, -0.2) is 0 Å². The molecule has 0 aromatic rings. The maximum atomic E-state index is 5.70. The maximum Gasteiger partial charge on any atom is 0.0140 e. The van der Waals surface area contributed by atoms with E-state index in [0.717, 1.165) is 12.8 Å². The molecule has 11 heavy (non-hydrogen) atoms. The SMILES string of the molecule is CC#CCC(C)(C)CC(C)N. The normalized spacial score (nSPS) is 13.5. The molecule has 0 aliphatic heterocycles. The van der Waals surface area contributed by atoms with E-state index in [1.54, 1.807) is 0 Å². The number of nitrogens with two attached hydrogens (primary N) is 1. The number of hydrogen-bond donors (Lipinski definition) is 1. The van der Waals surface area contributed by atoms with Crippen molar-refractivity contribution in [3.05, 3.63) is 0 Å². The Hall–Kier alpha value is -0.480. The number of rotatable bonds is 3. The van der Waals surface area contributed by atoms with E-state index in [4.69, 9.17) is 5.73 Å². The van der Waals surface area contributed by atoms with Crippen LogP contribution in [0.2, 0.25) is 0 Å². The first-order chi connectivity index (χ1) is 4.98. The van der Waals surface area contributed by atoms with E-state index >= 15 is 0 Å². The standard InChI is InChI=1S/C10H19N/c1-5-6-7-10(3,4)8-9(2)11/h9H,7-8,11H2,1-4H3. The molecule has 1 unspecified atom stereocenters. The largest absolute Gasteiger partial charge is 0.328 e. The minimum atomic E-state index is 0.275. The molecular weight excluding hydrogens is 134 g/mol. The summed E-state index contributed by atoms with van der Waals surface area (Å²) >= 11 is 0. The molecule has 64 valence electrons. The second-order valence-corrected chi connectivity index (χ2v) is 3.95. The molecule has 0 bridgehead atoms. The lowest BCUT2D eigenvalue weighted by Gasteiger charge is -2.23. The molecule has 1 atom stereocenters. The molecule has 0 rings (SSSR count). The van der Waals surface area contributed by atoms with Crippen LogP contribution in [0.5, 0.6) is 0 Å². The zero-order valence-electron chi connectivity index (χ0n) is 8.07. The Bertz CT molecular complexity index is 157. The van der Waals surface area contributed by atoms with Gasteiger partial charge >= 0.3 is 0 Å². The van der Waals surface area contributed by atoms with Gasteiger partial charge in [0.15, 0.2) is 0 Å². The molecule has 0 spiro atoms. The molecule has 0 fully saturated rings. The van der Waals surface area contributed by atoms with Gasteiger partial charge in [-0.1, -0.05) is 13.8 Å². The van der Waals surface area contributed by atoms with Crippen molar-refractivity contribution in [2.24, 2.45) is 11.1 Å². The fraction of sp³-hybridized carbons (Fsp3) is 0.800. The Morgan fingerprint density at radius 2 is 2.00 bits per heavy atom. The van der Waals surface area contributed by atoms with Crippen molar-refractivity contribution in [3.63, 3.8) is 0 Å². The molecule has 0 aliphatic rings. The summed E-state index contributed by atoms with van der Waals surface area (Å²) in [4.78, 5) is 0. The molecule has 0 radical (unpaired) electrons. The lowest BCUT2D eigenvalue weighted by molar-refractivity contribution is 0.320. The summed E-state index contributed by atoms with van der Waals surface area (Å²) in [5.74, 6) is 5.99. The predicted octanol–water partition coefficient (Wildman–Crippen LogP) is 2.16. The lowest BCUT2D eigenvalue weighted by Crippen LogP contribution is -2.24. The molecule has 0 amide bonds. The summed E-state index contributed by atoms with van der Waals surface area (Å²) in [7, 11) is 0. The molecule has 2 N–H and O–H groups in total. The first kappa shape index (κ1) is 10.5. The Labute approximate surface area is 70.4 Å². The molecule has 0 saturated heterocycles. The Balaban J connectivity index is 3.86. The first-order valence-corrected chi connectivity index (χ1v) is 4.13. The molecule has 0 aromatic heterocycles. The summed E-state index contributed by atoms with van der Waals surface area (Å²) in [6.45, 7) is 8.34. The minimum absolute atomic E-state index is 0.275. The Morgan fingerprint density at radius 1 is 1.45 bits per heavy atom. The maximum absolute atomic E-state index is 5.70. The van der Waals surface area contributed by atoms with Crippen molar-refractivity contribution < 1.29 is 0 Å². The highest BCUT2D eigenvalue weighted by molar-refractivity contribution is 4.99. The van der Waals surface area contributed by atoms with Gasteiger partial charge in [0.1, 0.15) is 0 Å². The van der Waals surface area contributed by atoms with Gasteiger partial charge in [0.25, 0.3) is 0 Å². The van der Waals surface area contributed by atoms with Crippen LogP contribution in [0.15, 0.2) is 0 Å². The van der Waals surface area contributed by atoms with Gasteiger partial charge in [0, 0.05) is 12.5 Å². The zero-order chi connectivity index (χ0) is 8.91. The highest BCUT2D eigenvalue weighted by Crippen LogP contribution is 2.25. The van der Waals surface area contributed by atoms with Gasteiger partial charge in [-0.3, -0.25) is 0 Å². The third kappa shape index (κ3) is 5.94. The van der Waals surface area contributed by atoms with E-state index in [0.29, 0.717) is 0 Å². The van der Waals surface area contributed by atoms with E-state index in [9.17, 15) is 0 Å². The van der Waals surface area contributed by atoms with Crippen LogP contribution in [0.25, 0.3) is 0 Å². The lowest BCUT2D eigenvalue weighted by atomic mass is 9.83. The molecule has 1 nitrogen and oxygen atoms in total. The Kier molecular flexibility index (Phi) is 4.22. The van der Waals surface area contributed by atoms with Crippen LogP contribution < -0.4 is 5.73 Å². The third-order valence-electron chi connectivity index (χ3n) is 1.62. The average molecular weight is 153 g/mol. The first-order valence-electron chi connectivity index (χ1n) is 4.13. The fourth-order valence-corrected chi connectivity index (χ4v) is 1.27. The second-order valence-electron chi connectivity index (χ2n) is 3.95. The summed E-state index contributed by atoms with van der Waals surface area (Å²) in [6.07, 6.45) is 1.99. The predicted molar refractivity (Wildman–Crippen MR) is 50.1 cm³/mol. The van der Waals surface area contributed by atoms with Crippen molar-refractivity contribution in [1.82, 2.24) is 0 Å². The third-order valence-corrected chi connectivity index (χ3v) is 1.62. The molecule has 0 aromatic carbocycles. The van der Waals surface area contributed by atoms with Crippen LogP contribution >= 0.6 is 0 Å². The monoisotopic (exact) mass is 153 g/mol. The molecule has 0 saturated carbocycles. The summed E-state index contributed by atoms with van der Waals surface area (Å²) in [5.41, 5.74) is 5.98. The van der Waals surface area contributed by atoms with E-state index < -0.39 is 0 Å². The van der Waals surface area contributed by atoms with E-state index in [1.165, 1.54) is 0 Å². The van der Waals surface area contributed by atoms with Crippen molar-refractivity contribution in [1.29, 1.82) is 0 Å². The van der Waals surface area contributed by atoms with Gasteiger partial charge in [0.05, 0.1) is 0 Å². The van der Waals surface area contributed by atoms with Crippen LogP contribution in [0.4, 0.5) is 0 Å². The van der Waals surface area contributed by atoms with Gasteiger partial charge < -0.3 is 5.73 Å². The quantitative estimate of drug-likeness (QED) is 0.618. The van der Waals surface area contributed by atoms with Crippen LogP contribution in [0.3, 0.4) is 0 Å². The van der Waals surface area contributed by atoms with Gasteiger partial charge in [-0.15, -0.1) is 11.8 Å². The van der Waals surface area contributed by atoms with Crippen LogP contribution in [-0.2, 0) is 0 Å². The number of hydrogen-bond acceptors (Lipinski definition) is 1. The van der Waals surface area contributed by atoms with Crippen molar-refractivity contribution >= 4 is 0 Å². The van der Waals surface area contributed by atoms with E-state index in [1.807, 2.05) is 13.8 Å². The van der Waals surface area contributed by atoms with Crippen molar-refractivity contribution in [3.8, 4) is 11.8 Å². The molecular formula is C10H19N. The minimum Gasteiger partial charge on any atom is -0.328 e. The van der Waals surface area contributed by atoms with E-state index in [2.05, 4.69) is 25.7 Å². The zero-order valence-corrected chi connectivity index (χ0v) is 8.07. The van der Waals surface area contributed by atoms with Crippen LogP contribution in [0, 0.1) is 17.3 Å². The van der Waals surface area contributed by atoms with Gasteiger partial charge in [-0.05, 0) is 25.7 Å². The van der Waals surface area contributed by atoms with Crippen LogP contribution in [-0.4, -0.2) is 6.04 Å². The highest BCUT2D eigenvalue weighted by Gasteiger charge is 2.17. The van der Waals surface area contributed by atoms with Gasteiger partial charge in [0.2, 0.25) is 0 Å². The fourth-order valence-electron chi connectivity index (χ4n) is 1.27. The topological polar surface area (TPSA) is 26.0 Å². The van der Waals surface area contributed by atoms with Gasteiger partial charge in [-0.2, -0.15) is 0 Å². The summed E-state index contributed by atoms with van der Waals surface area (Å²) in [5, 5.41) is 0. The Morgan fingerprint density at radius 3 is 2.36 bits per heavy atom. The summed E-state index contributed by atoms with van der Waals surface area (Å²) < 4.78 is 0. The summed E-state index contributed by atoms with van der Waals surface area (Å²) in [6, 6.07) is 0.281. The smallest absolute Gasteiger partial charge is 0.0140 e. The second kappa shape index (κ2) is 4.41. The average Bonchev–Trinajstić information content (AvgIpc) is 1.81.